The molecule has 0 bridgehead atoms. The molecule has 1 N–H and O–H groups in total. The minimum Gasteiger partial charge on any atom is -0.339 e. The fraction of sp³-hybridized carbons (Fsp3) is 0.444. The molecule has 0 spiro atoms. The Morgan fingerprint density at radius 3 is 3.13 bits per heavy atom. The van der Waals surface area contributed by atoms with Crippen LogP contribution in [0.15, 0.2) is 16.2 Å². The van der Waals surface area contributed by atoms with Gasteiger partial charge in [-0.25, -0.2) is 0 Å². The van der Waals surface area contributed by atoms with E-state index in [-0.39, 0.29) is 0 Å². The molecule has 0 fully saturated rings. The summed E-state index contributed by atoms with van der Waals surface area (Å²) in [6.45, 7) is 3.50. The van der Waals surface area contributed by atoms with Crippen LogP contribution < -0.4 is 5.32 Å². The molecule has 0 saturated heterocycles. The van der Waals surface area contributed by atoms with Gasteiger partial charge in [-0.3, -0.25) is 4.98 Å². The molecular formula is C9H12N4OS. The minimum atomic E-state index is 0.685. The highest BCUT2D eigenvalue weighted by Crippen LogP contribution is 2.04. The van der Waals surface area contributed by atoms with E-state index in [4.69, 9.17) is 4.52 Å². The van der Waals surface area contributed by atoms with Crippen molar-refractivity contribution in [1.82, 2.24) is 20.4 Å². The monoisotopic (exact) mass is 224 g/mol. The van der Waals surface area contributed by atoms with Crippen molar-refractivity contribution in [2.75, 3.05) is 6.54 Å². The number of hydrogen-bond acceptors (Lipinski definition) is 6. The molecule has 15 heavy (non-hydrogen) atoms. The first kappa shape index (κ1) is 10.3. The first-order valence-corrected chi connectivity index (χ1v) is 5.60. The van der Waals surface area contributed by atoms with Crippen LogP contribution in [0.5, 0.6) is 0 Å². The van der Waals surface area contributed by atoms with Crippen molar-refractivity contribution in [2.45, 2.75) is 19.9 Å². The first-order chi connectivity index (χ1) is 7.34. The SMILES string of the molecule is Cc1noc(CCNCc2cncs2)n1. The topological polar surface area (TPSA) is 63.8 Å². The molecule has 0 atom stereocenters. The van der Waals surface area contributed by atoms with Crippen LogP contribution in [0, 0.1) is 6.92 Å². The van der Waals surface area contributed by atoms with E-state index < -0.39 is 0 Å². The molecule has 0 amide bonds. The maximum atomic E-state index is 4.99. The molecule has 0 saturated carbocycles. The van der Waals surface area contributed by atoms with Crippen LogP contribution in [0.2, 0.25) is 0 Å². The van der Waals surface area contributed by atoms with Crippen molar-refractivity contribution < 1.29 is 4.52 Å². The fourth-order valence-electron chi connectivity index (χ4n) is 1.18. The summed E-state index contributed by atoms with van der Waals surface area (Å²) in [5.41, 5.74) is 1.83. The normalized spacial score (nSPS) is 10.7. The van der Waals surface area contributed by atoms with Crippen LogP contribution in [0.4, 0.5) is 0 Å². The number of hydrogen-bond donors (Lipinski definition) is 1. The van der Waals surface area contributed by atoms with E-state index in [1.165, 1.54) is 4.88 Å². The van der Waals surface area contributed by atoms with Gasteiger partial charge >= 0.3 is 0 Å². The van der Waals surface area contributed by atoms with Gasteiger partial charge in [0.1, 0.15) is 0 Å². The molecule has 2 heterocycles. The lowest BCUT2D eigenvalue weighted by Gasteiger charge is -1.98. The van der Waals surface area contributed by atoms with Crippen LogP contribution in [-0.4, -0.2) is 21.7 Å². The minimum absolute atomic E-state index is 0.685. The molecule has 0 aliphatic heterocycles. The highest BCUT2D eigenvalue weighted by molar-refractivity contribution is 7.09. The van der Waals surface area contributed by atoms with Gasteiger partial charge in [-0.15, -0.1) is 11.3 Å². The van der Waals surface area contributed by atoms with Gasteiger partial charge in [0.15, 0.2) is 5.82 Å². The zero-order valence-electron chi connectivity index (χ0n) is 8.43. The lowest BCUT2D eigenvalue weighted by atomic mass is 10.4. The van der Waals surface area contributed by atoms with E-state index in [1.54, 1.807) is 11.3 Å². The van der Waals surface area contributed by atoms with Gasteiger partial charge in [0, 0.05) is 30.6 Å². The second kappa shape index (κ2) is 4.99. The first-order valence-electron chi connectivity index (χ1n) is 4.72. The summed E-state index contributed by atoms with van der Waals surface area (Å²) in [6.07, 6.45) is 2.63. The number of nitrogens with one attached hydrogen (secondary N) is 1. The Balaban J connectivity index is 1.67. The van der Waals surface area contributed by atoms with E-state index in [0.717, 1.165) is 19.5 Å². The second-order valence-corrected chi connectivity index (χ2v) is 4.10. The largest absolute Gasteiger partial charge is 0.339 e. The molecule has 2 aromatic heterocycles. The van der Waals surface area contributed by atoms with Crippen LogP contribution in [0.1, 0.15) is 16.6 Å². The van der Waals surface area contributed by atoms with Crippen molar-refractivity contribution in [2.24, 2.45) is 0 Å². The Hall–Kier alpha value is -1.27. The van der Waals surface area contributed by atoms with Crippen molar-refractivity contribution in [3.8, 4) is 0 Å². The molecule has 2 rings (SSSR count). The van der Waals surface area contributed by atoms with Crippen molar-refractivity contribution in [3.05, 3.63) is 28.3 Å². The van der Waals surface area contributed by atoms with E-state index in [9.17, 15) is 0 Å². The quantitative estimate of drug-likeness (QED) is 0.772. The summed E-state index contributed by atoms with van der Waals surface area (Å²) in [6, 6.07) is 0. The van der Waals surface area contributed by atoms with Crippen LogP contribution >= 0.6 is 11.3 Å². The van der Waals surface area contributed by atoms with Gasteiger partial charge in [-0.05, 0) is 6.92 Å². The average Bonchev–Trinajstić information content (AvgIpc) is 2.84. The van der Waals surface area contributed by atoms with Gasteiger partial charge in [-0.2, -0.15) is 4.98 Å². The maximum absolute atomic E-state index is 4.99. The van der Waals surface area contributed by atoms with Crippen molar-refractivity contribution in [3.63, 3.8) is 0 Å². The van der Waals surface area contributed by atoms with Gasteiger partial charge in [0.25, 0.3) is 0 Å². The maximum Gasteiger partial charge on any atom is 0.227 e. The molecule has 0 unspecified atom stereocenters. The average molecular weight is 224 g/mol. The molecule has 0 aromatic carbocycles. The summed E-state index contributed by atoms with van der Waals surface area (Å²) in [5, 5.41) is 7.01. The molecule has 0 aliphatic carbocycles. The summed E-state index contributed by atoms with van der Waals surface area (Å²) >= 11 is 1.65. The van der Waals surface area contributed by atoms with E-state index in [1.807, 2.05) is 18.6 Å². The fourth-order valence-corrected chi connectivity index (χ4v) is 1.74. The lowest BCUT2D eigenvalue weighted by molar-refractivity contribution is 0.372. The number of rotatable bonds is 5. The Bertz CT molecular complexity index is 398. The van der Waals surface area contributed by atoms with Crippen LogP contribution in [0.3, 0.4) is 0 Å². The second-order valence-electron chi connectivity index (χ2n) is 3.13. The van der Waals surface area contributed by atoms with Crippen molar-refractivity contribution in [1.29, 1.82) is 0 Å². The third-order valence-corrected chi connectivity index (χ3v) is 2.65. The lowest BCUT2D eigenvalue weighted by Crippen LogP contribution is -2.16. The van der Waals surface area contributed by atoms with Crippen molar-refractivity contribution >= 4 is 11.3 Å². The molecule has 5 nitrogen and oxygen atoms in total. The molecule has 0 radical (unpaired) electrons. The van der Waals surface area contributed by atoms with Gasteiger partial charge in [0.05, 0.1) is 5.51 Å². The highest BCUT2D eigenvalue weighted by atomic mass is 32.1. The third kappa shape index (κ3) is 3.10. The van der Waals surface area contributed by atoms with E-state index in [0.29, 0.717) is 11.7 Å². The molecule has 2 aromatic rings. The predicted molar refractivity (Wildman–Crippen MR) is 56.6 cm³/mol. The molecule has 0 aliphatic rings. The zero-order chi connectivity index (χ0) is 10.5. The van der Waals surface area contributed by atoms with Crippen LogP contribution in [-0.2, 0) is 13.0 Å². The third-order valence-electron chi connectivity index (χ3n) is 1.87. The Morgan fingerprint density at radius 1 is 1.53 bits per heavy atom. The zero-order valence-corrected chi connectivity index (χ0v) is 9.25. The Kier molecular flexibility index (Phi) is 3.41. The Labute approximate surface area is 91.5 Å². The number of aromatic nitrogens is 3. The summed E-state index contributed by atoms with van der Waals surface area (Å²) in [7, 11) is 0. The smallest absolute Gasteiger partial charge is 0.227 e. The number of thiazole rings is 1. The summed E-state index contributed by atoms with van der Waals surface area (Å²) < 4.78 is 4.99. The van der Waals surface area contributed by atoms with Gasteiger partial charge in [0.2, 0.25) is 5.89 Å². The van der Waals surface area contributed by atoms with Gasteiger partial charge in [-0.1, -0.05) is 5.16 Å². The standard InChI is InChI=1S/C9H12N4OS/c1-7-12-9(14-13-7)2-3-10-4-8-5-11-6-15-8/h5-6,10H,2-4H2,1H3. The predicted octanol–water partition coefficient (Wildman–Crippen LogP) is 1.17. The number of aryl methyl sites for hydroxylation is 1. The van der Waals surface area contributed by atoms with E-state index in [2.05, 4.69) is 20.4 Å². The van der Waals surface area contributed by atoms with Gasteiger partial charge < -0.3 is 9.84 Å². The molecule has 6 heteroatoms. The molecular weight excluding hydrogens is 212 g/mol. The number of nitrogens with zero attached hydrogens (tertiary/aromatic N) is 3. The highest BCUT2D eigenvalue weighted by Gasteiger charge is 2.01. The Morgan fingerprint density at radius 2 is 2.47 bits per heavy atom. The van der Waals surface area contributed by atoms with Crippen LogP contribution in [0.25, 0.3) is 0 Å². The summed E-state index contributed by atoms with van der Waals surface area (Å²) in [4.78, 5) is 9.35. The van der Waals surface area contributed by atoms with E-state index >= 15 is 0 Å². The molecule has 80 valence electrons. The summed E-state index contributed by atoms with van der Waals surface area (Å²) in [5.74, 6) is 1.37.